The highest BCUT2D eigenvalue weighted by atomic mass is 16.5. The van der Waals surface area contributed by atoms with Gasteiger partial charge in [0.25, 0.3) is 0 Å². The lowest BCUT2D eigenvalue weighted by molar-refractivity contribution is 0.0697. The second-order valence-electron chi connectivity index (χ2n) is 10.7. The molecule has 2 aromatic rings. The Labute approximate surface area is 205 Å². The summed E-state index contributed by atoms with van der Waals surface area (Å²) in [4.78, 5) is 11.2. The van der Waals surface area contributed by atoms with Crippen molar-refractivity contribution in [3.05, 3.63) is 58.1 Å². The molecule has 0 saturated carbocycles. The van der Waals surface area contributed by atoms with Crippen molar-refractivity contribution in [2.45, 2.75) is 84.0 Å². The van der Waals surface area contributed by atoms with Crippen LogP contribution in [0.2, 0.25) is 0 Å². The normalized spacial score (nSPS) is 16.3. The molecule has 2 aromatic carbocycles. The van der Waals surface area contributed by atoms with Gasteiger partial charge in [0, 0.05) is 5.56 Å². The molecule has 1 aliphatic rings. The highest BCUT2D eigenvalue weighted by Gasteiger charge is 2.41. The second-order valence-corrected chi connectivity index (χ2v) is 10.7. The summed E-state index contributed by atoms with van der Waals surface area (Å²) in [6.07, 6.45) is 10.9. The maximum Gasteiger partial charge on any atom is 0.335 e. The molecule has 3 rings (SSSR count). The number of carbonyl (C=O) groups is 1. The van der Waals surface area contributed by atoms with Gasteiger partial charge in [-0.3, -0.25) is 0 Å². The Balaban J connectivity index is 2.10. The fourth-order valence-electron chi connectivity index (χ4n) is 4.84. The summed E-state index contributed by atoms with van der Waals surface area (Å²) < 4.78 is 12.5. The van der Waals surface area contributed by atoms with Crippen LogP contribution in [0.4, 0.5) is 0 Å². The smallest absolute Gasteiger partial charge is 0.335 e. The van der Waals surface area contributed by atoms with Crippen LogP contribution in [0.3, 0.4) is 0 Å². The number of methoxy groups -OCH3 is 1. The molecule has 0 radical (unpaired) electrons. The Hall–Kier alpha value is -2.75. The summed E-state index contributed by atoms with van der Waals surface area (Å²) >= 11 is 0. The highest BCUT2D eigenvalue weighted by molar-refractivity contribution is 5.88. The zero-order valence-electron chi connectivity index (χ0n) is 21.7. The van der Waals surface area contributed by atoms with Crippen LogP contribution in [0.1, 0.15) is 106 Å². The van der Waals surface area contributed by atoms with E-state index in [1.807, 2.05) is 24.3 Å². The molecule has 0 spiro atoms. The lowest BCUT2D eigenvalue weighted by Crippen LogP contribution is -2.34. The molecule has 0 saturated heterocycles. The Bertz CT molecular complexity index is 1030. The van der Waals surface area contributed by atoms with Crippen molar-refractivity contribution in [3.63, 3.8) is 0 Å². The van der Waals surface area contributed by atoms with Gasteiger partial charge in [-0.25, -0.2) is 4.79 Å². The SMILES string of the molecule is CCCCCCOc1c(/C=C/c2ccc(C(=O)O)cc2)c(OC)cc2c1C(C)(C)CCC2(C)C. The topological polar surface area (TPSA) is 55.8 Å². The van der Waals surface area contributed by atoms with Crippen LogP contribution in [-0.2, 0) is 10.8 Å². The summed E-state index contributed by atoms with van der Waals surface area (Å²) in [7, 11) is 1.71. The molecule has 0 aliphatic heterocycles. The number of hydrogen-bond donors (Lipinski definition) is 1. The average Bonchev–Trinajstić information content (AvgIpc) is 2.80. The van der Waals surface area contributed by atoms with E-state index in [0.29, 0.717) is 6.61 Å². The first-order valence-electron chi connectivity index (χ1n) is 12.5. The van der Waals surface area contributed by atoms with E-state index in [4.69, 9.17) is 9.47 Å². The van der Waals surface area contributed by atoms with E-state index < -0.39 is 5.97 Å². The van der Waals surface area contributed by atoms with Gasteiger partial charge in [0.05, 0.1) is 24.8 Å². The fourth-order valence-corrected chi connectivity index (χ4v) is 4.84. The minimum Gasteiger partial charge on any atom is -0.496 e. The minimum atomic E-state index is -0.921. The van der Waals surface area contributed by atoms with E-state index in [0.717, 1.165) is 41.9 Å². The number of carboxylic acids is 1. The molecule has 0 amide bonds. The third-order valence-electron chi connectivity index (χ3n) is 7.13. The van der Waals surface area contributed by atoms with Crippen LogP contribution in [0.15, 0.2) is 30.3 Å². The molecule has 1 aliphatic carbocycles. The molecule has 0 heterocycles. The third-order valence-corrected chi connectivity index (χ3v) is 7.13. The van der Waals surface area contributed by atoms with Crippen molar-refractivity contribution in [2.75, 3.05) is 13.7 Å². The molecule has 34 heavy (non-hydrogen) atoms. The average molecular weight is 465 g/mol. The number of aromatic carboxylic acids is 1. The summed E-state index contributed by atoms with van der Waals surface area (Å²) in [6, 6.07) is 9.10. The van der Waals surface area contributed by atoms with Gasteiger partial charge in [0.1, 0.15) is 11.5 Å². The van der Waals surface area contributed by atoms with Gasteiger partial charge in [-0.05, 0) is 65.5 Å². The predicted octanol–water partition coefficient (Wildman–Crippen LogP) is 7.87. The minimum absolute atomic E-state index is 0.00159. The van der Waals surface area contributed by atoms with E-state index in [-0.39, 0.29) is 16.4 Å². The van der Waals surface area contributed by atoms with Gasteiger partial charge in [-0.1, -0.05) is 72.1 Å². The van der Waals surface area contributed by atoms with E-state index in [1.165, 1.54) is 30.4 Å². The quantitative estimate of drug-likeness (QED) is 0.287. The van der Waals surface area contributed by atoms with E-state index >= 15 is 0 Å². The molecule has 0 unspecified atom stereocenters. The van der Waals surface area contributed by atoms with Crippen LogP contribution in [0, 0.1) is 0 Å². The van der Waals surface area contributed by atoms with Crippen LogP contribution in [0.5, 0.6) is 11.5 Å². The first kappa shape index (κ1) is 25.9. The Kier molecular flexibility index (Phi) is 8.12. The first-order chi connectivity index (χ1) is 16.1. The lowest BCUT2D eigenvalue weighted by Gasteiger charge is -2.43. The van der Waals surface area contributed by atoms with Crippen molar-refractivity contribution in [2.24, 2.45) is 0 Å². The van der Waals surface area contributed by atoms with E-state index in [9.17, 15) is 9.90 Å². The van der Waals surface area contributed by atoms with Gasteiger partial charge < -0.3 is 14.6 Å². The van der Waals surface area contributed by atoms with Crippen molar-refractivity contribution >= 4 is 18.1 Å². The second kappa shape index (κ2) is 10.7. The van der Waals surface area contributed by atoms with E-state index in [1.54, 1.807) is 19.2 Å². The Morgan fingerprint density at radius 1 is 1.00 bits per heavy atom. The molecule has 184 valence electrons. The molecule has 0 fully saturated rings. The summed E-state index contributed by atoms with van der Waals surface area (Å²) in [5.74, 6) is 0.823. The number of unbranched alkanes of at least 4 members (excludes halogenated alkanes) is 3. The fraction of sp³-hybridized carbons (Fsp3) is 0.500. The van der Waals surface area contributed by atoms with Crippen molar-refractivity contribution < 1.29 is 19.4 Å². The van der Waals surface area contributed by atoms with Crippen LogP contribution in [0.25, 0.3) is 12.2 Å². The number of hydrogen-bond acceptors (Lipinski definition) is 3. The largest absolute Gasteiger partial charge is 0.496 e. The summed E-state index contributed by atoms with van der Waals surface area (Å²) in [5, 5.41) is 9.18. The van der Waals surface area contributed by atoms with Gasteiger partial charge in [0.15, 0.2) is 0 Å². The van der Waals surface area contributed by atoms with Crippen LogP contribution in [-0.4, -0.2) is 24.8 Å². The number of ether oxygens (including phenoxy) is 2. The predicted molar refractivity (Wildman–Crippen MR) is 140 cm³/mol. The van der Waals surface area contributed by atoms with Crippen molar-refractivity contribution in [3.8, 4) is 11.5 Å². The maximum absolute atomic E-state index is 11.2. The van der Waals surface area contributed by atoms with Gasteiger partial charge in [-0.2, -0.15) is 0 Å². The molecular formula is C30H40O4. The van der Waals surface area contributed by atoms with Crippen molar-refractivity contribution in [1.29, 1.82) is 0 Å². The molecular weight excluding hydrogens is 424 g/mol. The molecule has 0 atom stereocenters. The van der Waals surface area contributed by atoms with Gasteiger partial charge in [-0.15, -0.1) is 0 Å². The monoisotopic (exact) mass is 464 g/mol. The van der Waals surface area contributed by atoms with Gasteiger partial charge in [0.2, 0.25) is 0 Å². The number of fused-ring (bicyclic) bond motifs is 1. The Morgan fingerprint density at radius 2 is 1.68 bits per heavy atom. The third kappa shape index (κ3) is 5.65. The number of carboxylic acid groups (broad SMARTS) is 1. The summed E-state index contributed by atoms with van der Waals surface area (Å²) in [6.45, 7) is 12.2. The molecule has 4 nitrogen and oxygen atoms in total. The number of rotatable bonds is 10. The number of benzene rings is 2. The summed E-state index contributed by atoms with van der Waals surface area (Å²) in [5.41, 5.74) is 4.81. The molecule has 0 bridgehead atoms. The van der Waals surface area contributed by atoms with Crippen LogP contribution < -0.4 is 9.47 Å². The van der Waals surface area contributed by atoms with Crippen molar-refractivity contribution in [1.82, 2.24) is 0 Å². The standard InChI is InChI=1S/C30H40O4/c1-7-8-9-10-19-34-27-23(16-13-21-11-14-22(15-12-21)28(31)32)25(33-6)20-24-26(27)30(4,5)18-17-29(24,2)3/h11-16,20H,7-10,17-19H2,1-6H3,(H,31,32)/b16-13+. The van der Waals surface area contributed by atoms with E-state index in [2.05, 4.69) is 40.7 Å². The zero-order valence-corrected chi connectivity index (χ0v) is 21.7. The Morgan fingerprint density at radius 3 is 2.29 bits per heavy atom. The lowest BCUT2D eigenvalue weighted by atomic mass is 9.62. The van der Waals surface area contributed by atoms with Gasteiger partial charge >= 0.3 is 5.97 Å². The molecule has 4 heteroatoms. The zero-order chi connectivity index (χ0) is 24.9. The molecule has 1 N–H and O–H groups in total. The van der Waals surface area contributed by atoms with Crippen LogP contribution >= 0.6 is 0 Å². The first-order valence-corrected chi connectivity index (χ1v) is 12.5. The highest BCUT2D eigenvalue weighted by Crippen LogP contribution is 2.53. The maximum atomic E-state index is 11.2. The molecule has 0 aromatic heterocycles.